The van der Waals surface area contributed by atoms with Gasteiger partial charge in [-0.25, -0.2) is 0 Å². The fourth-order valence-corrected chi connectivity index (χ4v) is 1.62. The van der Waals surface area contributed by atoms with Crippen molar-refractivity contribution in [1.82, 2.24) is 4.90 Å². The van der Waals surface area contributed by atoms with E-state index in [4.69, 9.17) is 11.6 Å². The number of hydrogen-bond donors (Lipinski definition) is 0. The van der Waals surface area contributed by atoms with Crippen molar-refractivity contribution in [2.45, 2.75) is 12.9 Å². The van der Waals surface area contributed by atoms with Crippen LogP contribution in [0.3, 0.4) is 0 Å². The lowest BCUT2D eigenvalue weighted by atomic mass is 10.2. The lowest BCUT2D eigenvalue weighted by Gasteiger charge is -2.15. The van der Waals surface area contributed by atoms with Crippen molar-refractivity contribution in [3.8, 4) is 5.75 Å². The third-order valence-corrected chi connectivity index (χ3v) is 2.24. The first-order chi connectivity index (χ1) is 7.90. The monoisotopic (exact) mass is 267 g/mol. The maximum atomic E-state index is 11.9. The SMILES string of the molecule is CN(CCCl)Cc1ccc(OC(F)(F)F)cc1. The molecule has 0 saturated heterocycles. The van der Waals surface area contributed by atoms with Gasteiger partial charge in [-0.1, -0.05) is 12.1 Å². The molecular weight excluding hydrogens is 255 g/mol. The molecule has 0 aliphatic rings. The summed E-state index contributed by atoms with van der Waals surface area (Å²) in [6, 6.07) is 5.81. The topological polar surface area (TPSA) is 12.5 Å². The molecule has 1 rings (SSSR count). The van der Waals surface area contributed by atoms with Crippen molar-refractivity contribution in [2.75, 3.05) is 19.5 Å². The first-order valence-electron chi connectivity index (χ1n) is 5.00. The molecule has 0 aliphatic carbocycles. The van der Waals surface area contributed by atoms with Crippen LogP contribution in [0.25, 0.3) is 0 Å². The lowest BCUT2D eigenvalue weighted by Crippen LogP contribution is -2.20. The second-order valence-electron chi connectivity index (χ2n) is 3.62. The van der Waals surface area contributed by atoms with Crippen LogP contribution < -0.4 is 4.74 Å². The van der Waals surface area contributed by atoms with Crippen LogP contribution in [0.4, 0.5) is 13.2 Å². The van der Waals surface area contributed by atoms with E-state index in [1.807, 2.05) is 11.9 Å². The second kappa shape index (κ2) is 6.12. The Hall–Kier alpha value is -0.940. The normalized spacial score (nSPS) is 11.9. The lowest BCUT2D eigenvalue weighted by molar-refractivity contribution is -0.274. The minimum Gasteiger partial charge on any atom is -0.406 e. The van der Waals surface area contributed by atoms with Crippen molar-refractivity contribution < 1.29 is 17.9 Å². The summed E-state index contributed by atoms with van der Waals surface area (Å²) >= 11 is 5.57. The highest BCUT2D eigenvalue weighted by molar-refractivity contribution is 6.18. The Bertz CT molecular complexity index is 340. The Labute approximate surface area is 103 Å². The van der Waals surface area contributed by atoms with Gasteiger partial charge in [0.05, 0.1) is 0 Å². The fraction of sp³-hybridized carbons (Fsp3) is 0.455. The maximum Gasteiger partial charge on any atom is 0.573 e. The molecule has 0 bridgehead atoms. The highest BCUT2D eigenvalue weighted by atomic mass is 35.5. The summed E-state index contributed by atoms with van der Waals surface area (Å²) in [4.78, 5) is 1.98. The van der Waals surface area contributed by atoms with E-state index in [1.54, 1.807) is 12.1 Å². The van der Waals surface area contributed by atoms with Gasteiger partial charge in [0.25, 0.3) is 0 Å². The Kier molecular flexibility index (Phi) is 5.08. The van der Waals surface area contributed by atoms with E-state index >= 15 is 0 Å². The van der Waals surface area contributed by atoms with Gasteiger partial charge in [0.2, 0.25) is 0 Å². The first-order valence-corrected chi connectivity index (χ1v) is 5.53. The van der Waals surface area contributed by atoms with Gasteiger partial charge in [0, 0.05) is 19.0 Å². The molecule has 1 aromatic rings. The van der Waals surface area contributed by atoms with Crippen LogP contribution in [0.1, 0.15) is 5.56 Å². The van der Waals surface area contributed by atoms with Crippen molar-refractivity contribution in [3.05, 3.63) is 29.8 Å². The highest BCUT2D eigenvalue weighted by Crippen LogP contribution is 2.22. The Balaban J connectivity index is 2.56. The predicted octanol–water partition coefficient (Wildman–Crippen LogP) is 3.26. The van der Waals surface area contributed by atoms with Gasteiger partial charge in [0.1, 0.15) is 5.75 Å². The van der Waals surface area contributed by atoms with Crippen molar-refractivity contribution >= 4 is 11.6 Å². The fourth-order valence-electron chi connectivity index (χ4n) is 1.33. The molecule has 0 saturated carbocycles. The number of hydrogen-bond acceptors (Lipinski definition) is 2. The molecule has 0 aromatic heterocycles. The van der Waals surface area contributed by atoms with E-state index in [9.17, 15) is 13.2 Å². The van der Waals surface area contributed by atoms with Crippen LogP contribution in [0.2, 0.25) is 0 Å². The molecule has 1 aromatic carbocycles. The first kappa shape index (κ1) is 14.1. The number of alkyl halides is 4. The second-order valence-corrected chi connectivity index (χ2v) is 4.00. The molecule has 96 valence electrons. The molecule has 0 amide bonds. The number of halogens is 4. The number of nitrogens with zero attached hydrogens (tertiary/aromatic N) is 1. The summed E-state index contributed by atoms with van der Waals surface area (Å²) in [5.74, 6) is 0.312. The third-order valence-electron chi connectivity index (χ3n) is 2.08. The number of benzene rings is 1. The summed E-state index contributed by atoms with van der Waals surface area (Å²) in [6.07, 6.45) is -4.64. The van der Waals surface area contributed by atoms with Crippen molar-refractivity contribution in [2.24, 2.45) is 0 Å². The van der Waals surface area contributed by atoms with Crippen molar-refractivity contribution in [1.29, 1.82) is 0 Å². The number of rotatable bonds is 5. The molecule has 2 nitrogen and oxygen atoms in total. The van der Waals surface area contributed by atoms with Gasteiger partial charge >= 0.3 is 6.36 Å². The smallest absolute Gasteiger partial charge is 0.406 e. The van der Waals surface area contributed by atoms with Crippen LogP contribution in [-0.2, 0) is 6.54 Å². The average Bonchev–Trinajstić information content (AvgIpc) is 2.19. The Morgan fingerprint density at radius 3 is 2.29 bits per heavy atom. The van der Waals surface area contributed by atoms with Crippen LogP contribution in [0.15, 0.2) is 24.3 Å². The quantitative estimate of drug-likeness (QED) is 0.760. The van der Waals surface area contributed by atoms with Gasteiger partial charge in [-0.15, -0.1) is 24.8 Å². The number of ether oxygens (including phenoxy) is 1. The van der Waals surface area contributed by atoms with Crippen LogP contribution in [-0.4, -0.2) is 30.7 Å². The molecule has 0 atom stereocenters. The third kappa shape index (κ3) is 5.79. The van der Waals surface area contributed by atoms with Crippen LogP contribution >= 0.6 is 11.6 Å². The summed E-state index contributed by atoms with van der Waals surface area (Å²) in [6.45, 7) is 1.36. The largest absolute Gasteiger partial charge is 0.573 e. The minimum absolute atomic E-state index is 0.207. The zero-order valence-electron chi connectivity index (χ0n) is 9.30. The molecule has 0 N–H and O–H groups in total. The summed E-state index contributed by atoms with van der Waals surface area (Å²) in [7, 11) is 1.89. The standard InChI is InChI=1S/C11H13ClF3NO/c1-16(7-6-12)8-9-2-4-10(5-3-9)17-11(13,14)15/h2-5H,6-8H2,1H3. The molecule has 6 heteroatoms. The summed E-state index contributed by atoms with van der Waals surface area (Å²) < 4.78 is 39.5. The van der Waals surface area contributed by atoms with E-state index < -0.39 is 6.36 Å². The minimum atomic E-state index is -4.64. The van der Waals surface area contributed by atoms with Crippen molar-refractivity contribution in [3.63, 3.8) is 0 Å². The van der Waals surface area contributed by atoms with Gasteiger partial charge in [-0.2, -0.15) is 0 Å². The van der Waals surface area contributed by atoms with E-state index in [0.29, 0.717) is 12.4 Å². The Morgan fingerprint density at radius 1 is 1.24 bits per heavy atom. The highest BCUT2D eigenvalue weighted by Gasteiger charge is 2.30. The molecule has 0 radical (unpaired) electrons. The van der Waals surface area contributed by atoms with E-state index in [2.05, 4.69) is 4.74 Å². The predicted molar refractivity (Wildman–Crippen MR) is 60.2 cm³/mol. The van der Waals surface area contributed by atoms with E-state index in [-0.39, 0.29) is 5.75 Å². The Morgan fingerprint density at radius 2 is 1.82 bits per heavy atom. The zero-order chi connectivity index (χ0) is 12.9. The van der Waals surface area contributed by atoms with E-state index in [0.717, 1.165) is 12.1 Å². The van der Waals surface area contributed by atoms with Gasteiger partial charge in [-0.05, 0) is 24.7 Å². The molecular formula is C11H13ClF3NO. The summed E-state index contributed by atoms with van der Waals surface area (Å²) in [5.41, 5.74) is 0.909. The zero-order valence-corrected chi connectivity index (χ0v) is 10.1. The van der Waals surface area contributed by atoms with Crippen LogP contribution in [0.5, 0.6) is 5.75 Å². The molecule has 0 heterocycles. The van der Waals surface area contributed by atoms with Crippen LogP contribution in [0, 0.1) is 0 Å². The van der Waals surface area contributed by atoms with E-state index in [1.165, 1.54) is 12.1 Å². The molecule has 0 aliphatic heterocycles. The molecule has 0 fully saturated rings. The summed E-state index contributed by atoms with van der Waals surface area (Å²) in [5, 5.41) is 0. The molecule has 17 heavy (non-hydrogen) atoms. The maximum absolute atomic E-state index is 11.9. The van der Waals surface area contributed by atoms with Gasteiger partial charge < -0.3 is 9.64 Å². The van der Waals surface area contributed by atoms with Gasteiger partial charge in [0.15, 0.2) is 0 Å². The molecule has 0 spiro atoms. The molecule has 0 unspecified atom stereocenters. The van der Waals surface area contributed by atoms with Gasteiger partial charge in [-0.3, -0.25) is 0 Å². The average molecular weight is 268 g/mol.